The van der Waals surface area contributed by atoms with Gasteiger partial charge in [-0.2, -0.15) is 0 Å². The molecule has 2 heterocycles. The van der Waals surface area contributed by atoms with Crippen molar-refractivity contribution in [3.63, 3.8) is 0 Å². The molecule has 0 aliphatic rings. The third kappa shape index (κ3) is 3.60. The number of nitrogens with two attached hydrogens (primary N) is 1. The number of amides is 1. The highest BCUT2D eigenvalue weighted by Gasteiger charge is 2.13. The predicted octanol–water partition coefficient (Wildman–Crippen LogP) is 0.528. The van der Waals surface area contributed by atoms with E-state index in [0.717, 1.165) is 27.7 Å². The Hall–Kier alpha value is -1.36. The molecular formula is C10H12N4O3S3. The first-order chi connectivity index (χ1) is 9.38. The molecule has 0 aromatic carbocycles. The van der Waals surface area contributed by atoms with Crippen LogP contribution in [0.5, 0.6) is 0 Å². The van der Waals surface area contributed by atoms with Crippen molar-refractivity contribution in [1.29, 1.82) is 0 Å². The molecule has 0 radical (unpaired) electrons. The Morgan fingerprint density at radius 2 is 2.20 bits per heavy atom. The summed E-state index contributed by atoms with van der Waals surface area (Å²) >= 11 is 2.15. The highest BCUT2D eigenvalue weighted by atomic mass is 32.2. The van der Waals surface area contributed by atoms with Gasteiger partial charge >= 0.3 is 0 Å². The fourth-order valence-corrected chi connectivity index (χ4v) is 3.82. The Morgan fingerprint density at radius 3 is 2.75 bits per heavy atom. The van der Waals surface area contributed by atoms with E-state index in [1.807, 2.05) is 0 Å². The number of carbonyl (C=O) groups excluding carboxylic acids is 1. The minimum atomic E-state index is -3.65. The molecule has 2 rings (SSSR count). The predicted molar refractivity (Wildman–Crippen MR) is 76.4 cm³/mol. The van der Waals surface area contributed by atoms with Gasteiger partial charge in [0.25, 0.3) is 5.91 Å². The highest BCUT2D eigenvalue weighted by Crippen LogP contribution is 2.20. The largest absolute Gasteiger partial charge is 0.351 e. The molecule has 10 heteroatoms. The second kappa shape index (κ2) is 5.95. The Morgan fingerprint density at radius 1 is 1.45 bits per heavy atom. The van der Waals surface area contributed by atoms with Crippen molar-refractivity contribution >= 4 is 38.8 Å². The SMILES string of the molecule is Cc1nnsc1C(=O)NCCc1ccc(S(N)(=O)=O)s1. The van der Waals surface area contributed by atoms with Gasteiger partial charge in [-0.3, -0.25) is 4.79 Å². The van der Waals surface area contributed by atoms with E-state index in [1.54, 1.807) is 13.0 Å². The molecule has 1 amide bonds. The van der Waals surface area contributed by atoms with Crippen LogP contribution in [-0.4, -0.2) is 30.5 Å². The molecular weight excluding hydrogens is 320 g/mol. The van der Waals surface area contributed by atoms with Crippen LogP contribution in [0.1, 0.15) is 20.2 Å². The number of hydrogen-bond acceptors (Lipinski definition) is 7. The average molecular weight is 332 g/mol. The van der Waals surface area contributed by atoms with Crippen LogP contribution in [0.4, 0.5) is 0 Å². The van der Waals surface area contributed by atoms with Gasteiger partial charge in [0.2, 0.25) is 10.0 Å². The van der Waals surface area contributed by atoms with Gasteiger partial charge in [-0.05, 0) is 37.0 Å². The van der Waals surface area contributed by atoms with Crippen molar-refractivity contribution in [1.82, 2.24) is 14.9 Å². The molecule has 0 aliphatic heterocycles. The summed E-state index contributed by atoms with van der Waals surface area (Å²) in [5.41, 5.74) is 0.597. The Labute approximate surface area is 124 Å². The van der Waals surface area contributed by atoms with Gasteiger partial charge in [-0.25, -0.2) is 13.6 Å². The zero-order valence-electron chi connectivity index (χ0n) is 10.5. The number of rotatable bonds is 5. The van der Waals surface area contributed by atoms with Crippen LogP contribution in [-0.2, 0) is 16.4 Å². The van der Waals surface area contributed by atoms with Crippen LogP contribution < -0.4 is 10.5 Å². The second-order valence-electron chi connectivity index (χ2n) is 3.96. The van der Waals surface area contributed by atoms with Gasteiger partial charge in [-0.15, -0.1) is 16.4 Å². The summed E-state index contributed by atoms with van der Waals surface area (Å²) in [6, 6.07) is 3.16. The molecule has 108 valence electrons. The summed E-state index contributed by atoms with van der Waals surface area (Å²) in [6.45, 7) is 2.12. The standard InChI is InChI=1S/C10H12N4O3S3/c1-6-9(19-14-13-6)10(15)12-5-4-7-2-3-8(18-7)20(11,16)17/h2-3H,4-5H2,1H3,(H,12,15)(H2,11,16,17). The number of hydrogen-bond donors (Lipinski definition) is 2. The van der Waals surface area contributed by atoms with Crippen molar-refractivity contribution in [3.8, 4) is 0 Å². The molecule has 0 aliphatic carbocycles. The molecule has 0 saturated carbocycles. The van der Waals surface area contributed by atoms with Gasteiger partial charge < -0.3 is 5.32 Å². The Kier molecular flexibility index (Phi) is 4.48. The molecule has 7 nitrogen and oxygen atoms in total. The van der Waals surface area contributed by atoms with Crippen molar-refractivity contribution in [3.05, 3.63) is 27.6 Å². The van der Waals surface area contributed by atoms with E-state index in [2.05, 4.69) is 14.9 Å². The third-order valence-corrected chi connectivity index (χ3v) is 5.84. The molecule has 3 N–H and O–H groups in total. The van der Waals surface area contributed by atoms with Crippen LogP contribution in [0.25, 0.3) is 0 Å². The van der Waals surface area contributed by atoms with Gasteiger partial charge in [0.05, 0.1) is 5.69 Å². The van der Waals surface area contributed by atoms with Gasteiger partial charge in [0, 0.05) is 11.4 Å². The van der Waals surface area contributed by atoms with Gasteiger partial charge in [0.15, 0.2) is 0 Å². The minimum Gasteiger partial charge on any atom is -0.351 e. The zero-order chi connectivity index (χ0) is 14.8. The topological polar surface area (TPSA) is 115 Å². The maximum atomic E-state index is 11.8. The summed E-state index contributed by atoms with van der Waals surface area (Å²) < 4.78 is 26.1. The monoisotopic (exact) mass is 332 g/mol. The number of thiophene rings is 1. The van der Waals surface area contributed by atoms with E-state index in [4.69, 9.17) is 5.14 Å². The number of aromatic nitrogens is 2. The van der Waals surface area contributed by atoms with E-state index in [9.17, 15) is 13.2 Å². The lowest BCUT2D eigenvalue weighted by atomic mass is 10.3. The van der Waals surface area contributed by atoms with Gasteiger partial charge in [0.1, 0.15) is 9.09 Å². The molecule has 2 aromatic rings. The van der Waals surface area contributed by atoms with E-state index in [0.29, 0.717) is 23.5 Å². The van der Waals surface area contributed by atoms with Crippen molar-refractivity contribution in [2.45, 2.75) is 17.6 Å². The maximum absolute atomic E-state index is 11.8. The summed E-state index contributed by atoms with van der Waals surface area (Å²) in [4.78, 5) is 13.1. The zero-order valence-corrected chi connectivity index (χ0v) is 12.9. The lowest BCUT2D eigenvalue weighted by molar-refractivity contribution is 0.0957. The molecule has 0 saturated heterocycles. The molecule has 20 heavy (non-hydrogen) atoms. The van der Waals surface area contributed by atoms with E-state index >= 15 is 0 Å². The van der Waals surface area contributed by atoms with Crippen LogP contribution in [0.3, 0.4) is 0 Å². The van der Waals surface area contributed by atoms with Crippen LogP contribution in [0.2, 0.25) is 0 Å². The maximum Gasteiger partial charge on any atom is 0.264 e. The molecule has 0 fully saturated rings. The fourth-order valence-electron chi connectivity index (χ4n) is 1.46. The summed E-state index contributed by atoms with van der Waals surface area (Å²) in [7, 11) is -3.65. The van der Waals surface area contributed by atoms with E-state index < -0.39 is 10.0 Å². The molecule has 0 spiro atoms. The molecule has 0 atom stereocenters. The lowest BCUT2D eigenvalue weighted by Crippen LogP contribution is -2.25. The Bertz CT molecular complexity index is 720. The average Bonchev–Trinajstić information content (AvgIpc) is 2.97. The first kappa shape index (κ1) is 15.0. The molecule has 0 bridgehead atoms. The number of nitrogens with one attached hydrogen (secondary N) is 1. The Balaban J connectivity index is 1.89. The summed E-state index contributed by atoms with van der Waals surface area (Å²) in [6.07, 6.45) is 0.539. The fraction of sp³-hybridized carbons (Fsp3) is 0.300. The van der Waals surface area contributed by atoms with Gasteiger partial charge in [-0.1, -0.05) is 4.49 Å². The first-order valence-electron chi connectivity index (χ1n) is 5.56. The number of primary sulfonamides is 1. The number of aryl methyl sites for hydroxylation is 1. The molecule has 0 unspecified atom stereocenters. The summed E-state index contributed by atoms with van der Waals surface area (Å²) in [5.74, 6) is -0.222. The highest BCUT2D eigenvalue weighted by molar-refractivity contribution is 7.91. The first-order valence-corrected chi connectivity index (χ1v) is 8.70. The second-order valence-corrected chi connectivity index (χ2v) is 7.67. The number of sulfonamides is 1. The summed E-state index contributed by atoms with van der Waals surface area (Å²) in [5, 5.41) is 11.5. The number of carbonyl (C=O) groups is 1. The van der Waals surface area contributed by atoms with E-state index in [-0.39, 0.29) is 10.1 Å². The lowest BCUT2D eigenvalue weighted by Gasteiger charge is -2.01. The quantitative estimate of drug-likeness (QED) is 0.828. The van der Waals surface area contributed by atoms with Crippen molar-refractivity contribution in [2.75, 3.05) is 6.54 Å². The molecule has 2 aromatic heterocycles. The smallest absolute Gasteiger partial charge is 0.264 e. The third-order valence-electron chi connectivity index (χ3n) is 2.43. The van der Waals surface area contributed by atoms with E-state index in [1.165, 1.54) is 6.07 Å². The number of nitrogens with zero attached hydrogens (tertiary/aromatic N) is 2. The van der Waals surface area contributed by atoms with Crippen molar-refractivity contribution < 1.29 is 13.2 Å². The van der Waals surface area contributed by atoms with Crippen molar-refractivity contribution in [2.24, 2.45) is 5.14 Å². The van der Waals surface area contributed by atoms with Crippen LogP contribution >= 0.6 is 22.9 Å². The minimum absolute atomic E-state index is 0.126. The normalized spacial score (nSPS) is 11.5. The van der Waals surface area contributed by atoms with Crippen LogP contribution in [0.15, 0.2) is 16.3 Å². The van der Waals surface area contributed by atoms with Crippen LogP contribution in [0, 0.1) is 6.92 Å².